The fraction of sp³-hybridized carbons (Fsp3) is 0.562. The molecule has 2 rings (SSSR count). The lowest BCUT2D eigenvalue weighted by molar-refractivity contribution is 0.263. The Kier molecular flexibility index (Phi) is 4.38. The second kappa shape index (κ2) is 6.02. The highest BCUT2D eigenvalue weighted by Gasteiger charge is 2.27. The van der Waals surface area contributed by atoms with Gasteiger partial charge in [-0.15, -0.1) is 0 Å². The Hall–Kier alpha value is -1.33. The zero-order valence-electron chi connectivity index (χ0n) is 11.4. The van der Waals surface area contributed by atoms with Crippen LogP contribution in [-0.2, 0) is 6.42 Å². The minimum atomic E-state index is 0.0278. The van der Waals surface area contributed by atoms with E-state index in [0.717, 1.165) is 19.5 Å². The highest BCUT2D eigenvalue weighted by atomic mass is 15.2. The standard InChI is InChI=1S/C16H22N2/c1-3-14-6-8-15(9-7-14)13(2)16(12-17)18-10-4-5-11-18/h6-9,13,16H,3-5,10-11H2,1-2H3. The number of hydrogen-bond donors (Lipinski definition) is 0. The predicted molar refractivity (Wildman–Crippen MR) is 74.4 cm³/mol. The van der Waals surface area contributed by atoms with Gasteiger partial charge in [-0.1, -0.05) is 38.1 Å². The van der Waals surface area contributed by atoms with Crippen LogP contribution in [-0.4, -0.2) is 24.0 Å². The lowest BCUT2D eigenvalue weighted by Crippen LogP contribution is -2.35. The van der Waals surface area contributed by atoms with E-state index in [1.165, 1.54) is 24.0 Å². The highest BCUT2D eigenvalue weighted by molar-refractivity contribution is 5.27. The number of nitriles is 1. The molecule has 0 radical (unpaired) electrons. The Labute approximate surface area is 110 Å². The van der Waals surface area contributed by atoms with Gasteiger partial charge in [0.1, 0.15) is 6.04 Å². The van der Waals surface area contributed by atoms with E-state index in [1.54, 1.807) is 0 Å². The van der Waals surface area contributed by atoms with E-state index in [2.05, 4.69) is 49.1 Å². The van der Waals surface area contributed by atoms with Crippen LogP contribution in [0.15, 0.2) is 24.3 Å². The van der Waals surface area contributed by atoms with Gasteiger partial charge < -0.3 is 0 Å². The third kappa shape index (κ3) is 2.73. The van der Waals surface area contributed by atoms with Crippen molar-refractivity contribution in [3.8, 4) is 6.07 Å². The predicted octanol–water partition coefficient (Wildman–Crippen LogP) is 3.34. The Bertz CT molecular complexity index is 410. The molecule has 0 bridgehead atoms. The number of likely N-dealkylation sites (tertiary alicyclic amines) is 1. The van der Waals surface area contributed by atoms with Crippen LogP contribution in [0, 0.1) is 11.3 Å². The molecule has 2 unspecified atom stereocenters. The van der Waals surface area contributed by atoms with E-state index >= 15 is 0 Å². The fourth-order valence-corrected chi connectivity index (χ4v) is 2.77. The first-order valence-electron chi connectivity index (χ1n) is 6.98. The summed E-state index contributed by atoms with van der Waals surface area (Å²) in [7, 11) is 0. The van der Waals surface area contributed by atoms with Crippen molar-refractivity contribution in [3.63, 3.8) is 0 Å². The van der Waals surface area contributed by atoms with Crippen LogP contribution in [0.3, 0.4) is 0 Å². The first-order chi connectivity index (χ1) is 8.76. The van der Waals surface area contributed by atoms with Crippen molar-refractivity contribution in [2.75, 3.05) is 13.1 Å². The zero-order valence-corrected chi connectivity index (χ0v) is 11.4. The molecule has 0 spiro atoms. The van der Waals surface area contributed by atoms with E-state index in [4.69, 9.17) is 0 Å². The first-order valence-corrected chi connectivity index (χ1v) is 6.98. The molecule has 2 heteroatoms. The van der Waals surface area contributed by atoms with Gasteiger partial charge in [-0.25, -0.2) is 0 Å². The van der Waals surface area contributed by atoms with E-state index < -0.39 is 0 Å². The van der Waals surface area contributed by atoms with Gasteiger partial charge in [0, 0.05) is 5.92 Å². The molecule has 0 amide bonds. The molecule has 0 aromatic heterocycles. The molecule has 1 fully saturated rings. The van der Waals surface area contributed by atoms with E-state index in [-0.39, 0.29) is 6.04 Å². The maximum atomic E-state index is 9.43. The summed E-state index contributed by atoms with van der Waals surface area (Å²) in [5.41, 5.74) is 2.64. The van der Waals surface area contributed by atoms with Crippen molar-refractivity contribution in [2.24, 2.45) is 0 Å². The molecule has 1 aromatic rings. The van der Waals surface area contributed by atoms with Crippen molar-refractivity contribution >= 4 is 0 Å². The van der Waals surface area contributed by atoms with Gasteiger partial charge in [0.05, 0.1) is 6.07 Å². The summed E-state index contributed by atoms with van der Waals surface area (Å²) in [6.07, 6.45) is 3.54. The molecule has 1 aliphatic heterocycles. The molecule has 1 aromatic carbocycles. The minimum Gasteiger partial charge on any atom is -0.288 e. The molecule has 1 saturated heterocycles. The van der Waals surface area contributed by atoms with Gasteiger partial charge >= 0.3 is 0 Å². The summed E-state index contributed by atoms with van der Waals surface area (Å²) in [6.45, 7) is 6.50. The monoisotopic (exact) mass is 242 g/mol. The van der Waals surface area contributed by atoms with Gasteiger partial charge in [-0.05, 0) is 43.5 Å². The summed E-state index contributed by atoms with van der Waals surface area (Å²) < 4.78 is 0. The lowest BCUT2D eigenvalue weighted by atomic mass is 9.92. The van der Waals surface area contributed by atoms with Gasteiger partial charge in [0.2, 0.25) is 0 Å². The molecule has 18 heavy (non-hydrogen) atoms. The summed E-state index contributed by atoms with van der Waals surface area (Å²) in [4.78, 5) is 2.33. The Balaban J connectivity index is 2.12. The SMILES string of the molecule is CCc1ccc(C(C)C(C#N)N2CCCC2)cc1. The number of benzene rings is 1. The largest absolute Gasteiger partial charge is 0.288 e. The van der Waals surface area contributed by atoms with Crippen molar-refractivity contribution < 1.29 is 0 Å². The van der Waals surface area contributed by atoms with Gasteiger partial charge in [-0.3, -0.25) is 4.90 Å². The van der Waals surface area contributed by atoms with E-state index in [0.29, 0.717) is 5.92 Å². The average molecular weight is 242 g/mol. The molecule has 2 atom stereocenters. The lowest BCUT2D eigenvalue weighted by Gasteiger charge is -2.27. The molecular weight excluding hydrogens is 220 g/mol. The summed E-state index contributed by atoms with van der Waals surface area (Å²) in [5.74, 6) is 0.291. The Morgan fingerprint density at radius 1 is 1.22 bits per heavy atom. The molecule has 96 valence electrons. The summed E-state index contributed by atoms with van der Waals surface area (Å²) in [6, 6.07) is 11.3. The minimum absolute atomic E-state index is 0.0278. The molecule has 1 heterocycles. The van der Waals surface area contributed by atoms with Crippen molar-refractivity contribution in [2.45, 2.75) is 45.1 Å². The van der Waals surface area contributed by atoms with Crippen LogP contribution in [0.4, 0.5) is 0 Å². The normalized spacial score (nSPS) is 19.4. The van der Waals surface area contributed by atoms with E-state index in [9.17, 15) is 5.26 Å². The molecule has 0 aliphatic carbocycles. The second-order valence-corrected chi connectivity index (χ2v) is 5.20. The molecule has 1 aliphatic rings. The number of hydrogen-bond acceptors (Lipinski definition) is 2. The summed E-state index contributed by atoms with van der Waals surface area (Å²) >= 11 is 0. The van der Waals surface area contributed by atoms with Crippen molar-refractivity contribution in [3.05, 3.63) is 35.4 Å². The van der Waals surface area contributed by atoms with Crippen LogP contribution >= 0.6 is 0 Å². The van der Waals surface area contributed by atoms with Crippen molar-refractivity contribution in [1.82, 2.24) is 4.90 Å². The van der Waals surface area contributed by atoms with Gasteiger partial charge in [0.15, 0.2) is 0 Å². The number of rotatable bonds is 4. The highest BCUT2D eigenvalue weighted by Crippen LogP contribution is 2.26. The summed E-state index contributed by atoms with van der Waals surface area (Å²) in [5, 5.41) is 9.43. The molecule has 2 nitrogen and oxygen atoms in total. The maximum absolute atomic E-state index is 9.43. The molecule has 0 saturated carbocycles. The molecule has 0 N–H and O–H groups in total. The Morgan fingerprint density at radius 2 is 1.83 bits per heavy atom. The number of nitrogens with zero attached hydrogens (tertiary/aromatic N) is 2. The molecular formula is C16H22N2. The third-order valence-corrected chi connectivity index (χ3v) is 4.05. The van der Waals surface area contributed by atoms with Gasteiger partial charge in [-0.2, -0.15) is 5.26 Å². The topological polar surface area (TPSA) is 27.0 Å². The quantitative estimate of drug-likeness (QED) is 0.809. The fourth-order valence-electron chi connectivity index (χ4n) is 2.77. The van der Waals surface area contributed by atoms with E-state index in [1.807, 2.05) is 0 Å². The van der Waals surface area contributed by atoms with Crippen LogP contribution in [0.25, 0.3) is 0 Å². The second-order valence-electron chi connectivity index (χ2n) is 5.20. The van der Waals surface area contributed by atoms with Crippen LogP contribution in [0.1, 0.15) is 43.7 Å². The Morgan fingerprint density at radius 3 is 2.33 bits per heavy atom. The smallest absolute Gasteiger partial charge is 0.104 e. The zero-order chi connectivity index (χ0) is 13.0. The van der Waals surface area contributed by atoms with Crippen LogP contribution < -0.4 is 0 Å². The van der Waals surface area contributed by atoms with Crippen LogP contribution in [0.2, 0.25) is 0 Å². The number of aryl methyl sites for hydroxylation is 1. The first kappa shape index (κ1) is 13.1. The van der Waals surface area contributed by atoms with Gasteiger partial charge in [0.25, 0.3) is 0 Å². The third-order valence-electron chi connectivity index (χ3n) is 4.05. The maximum Gasteiger partial charge on any atom is 0.104 e. The average Bonchev–Trinajstić information content (AvgIpc) is 2.93. The van der Waals surface area contributed by atoms with Crippen LogP contribution in [0.5, 0.6) is 0 Å². The van der Waals surface area contributed by atoms with Crippen molar-refractivity contribution in [1.29, 1.82) is 5.26 Å².